The van der Waals surface area contributed by atoms with E-state index in [0.29, 0.717) is 30.5 Å². The van der Waals surface area contributed by atoms with E-state index < -0.39 is 0 Å². The lowest BCUT2D eigenvalue weighted by Gasteiger charge is -2.27. The van der Waals surface area contributed by atoms with Crippen molar-refractivity contribution >= 4 is 34.5 Å². The molecule has 6 heteroatoms. The van der Waals surface area contributed by atoms with Gasteiger partial charge in [0.25, 0.3) is 0 Å². The largest absolute Gasteiger partial charge is 0.451 e. The van der Waals surface area contributed by atoms with E-state index in [9.17, 15) is 0 Å². The first-order valence-electron chi connectivity index (χ1n) is 11.2. The van der Waals surface area contributed by atoms with E-state index in [0.717, 1.165) is 43.0 Å². The van der Waals surface area contributed by atoms with Gasteiger partial charge in [0.1, 0.15) is 11.3 Å². The van der Waals surface area contributed by atoms with Crippen LogP contribution in [0, 0.1) is 0 Å². The molecule has 1 N–H and O–H groups in total. The van der Waals surface area contributed by atoms with Gasteiger partial charge < -0.3 is 19.4 Å². The maximum absolute atomic E-state index is 5.97. The number of fused-ring (bicyclic) bond motifs is 1. The molecule has 0 spiro atoms. The van der Waals surface area contributed by atoms with Crippen molar-refractivity contribution in [2.75, 3.05) is 36.5 Å². The molecule has 32 heavy (non-hydrogen) atoms. The lowest BCUT2D eigenvalue weighted by Crippen LogP contribution is -2.37. The molecule has 0 unspecified atom stereocenters. The van der Waals surface area contributed by atoms with E-state index in [1.54, 1.807) is 6.08 Å². The molecule has 0 saturated carbocycles. The van der Waals surface area contributed by atoms with Crippen molar-refractivity contribution in [2.24, 2.45) is 0 Å². The van der Waals surface area contributed by atoms with Crippen molar-refractivity contribution in [1.82, 2.24) is 9.97 Å². The summed E-state index contributed by atoms with van der Waals surface area (Å²) < 4.78 is 11.5. The Morgan fingerprint density at radius 2 is 1.94 bits per heavy atom. The summed E-state index contributed by atoms with van der Waals surface area (Å²) in [5.41, 5.74) is 4.90. The first-order chi connectivity index (χ1) is 15.7. The van der Waals surface area contributed by atoms with Gasteiger partial charge in [0, 0.05) is 24.9 Å². The number of hydrogen-bond donors (Lipinski definition) is 1. The van der Waals surface area contributed by atoms with Gasteiger partial charge in [-0.3, -0.25) is 0 Å². The zero-order valence-corrected chi connectivity index (χ0v) is 18.8. The molecule has 0 amide bonds. The van der Waals surface area contributed by atoms with Crippen LogP contribution in [0.1, 0.15) is 38.0 Å². The molecule has 3 heterocycles. The topological polar surface area (TPSA) is 63.4 Å². The highest BCUT2D eigenvalue weighted by Crippen LogP contribution is 2.30. The number of aromatic nitrogens is 2. The SMILES string of the molecule is C=Cc1cc2nc(NC(=C\CC)/C=C(\CC)c3ccccc3)nc(N3CCOCC3)c2o1. The van der Waals surface area contributed by atoms with Crippen LogP contribution in [0.2, 0.25) is 0 Å². The summed E-state index contributed by atoms with van der Waals surface area (Å²) in [6.45, 7) is 11.0. The van der Waals surface area contributed by atoms with Crippen LogP contribution in [-0.2, 0) is 4.74 Å². The molecule has 1 saturated heterocycles. The Morgan fingerprint density at radius 1 is 1.16 bits per heavy atom. The van der Waals surface area contributed by atoms with Gasteiger partial charge in [0.05, 0.1) is 13.2 Å². The predicted octanol–water partition coefficient (Wildman–Crippen LogP) is 5.90. The molecular formula is C26H30N4O2. The first kappa shape index (κ1) is 21.8. The summed E-state index contributed by atoms with van der Waals surface area (Å²) in [6.07, 6.45) is 7.86. The number of nitrogens with one attached hydrogen (secondary N) is 1. The van der Waals surface area contributed by atoms with Crippen molar-refractivity contribution < 1.29 is 9.15 Å². The Kier molecular flexibility index (Phi) is 7.02. The number of morpholine rings is 1. The summed E-state index contributed by atoms with van der Waals surface area (Å²) in [7, 11) is 0. The fraction of sp³-hybridized carbons (Fsp3) is 0.308. The summed E-state index contributed by atoms with van der Waals surface area (Å²) in [6, 6.07) is 12.4. The highest BCUT2D eigenvalue weighted by atomic mass is 16.5. The van der Waals surface area contributed by atoms with Gasteiger partial charge in [-0.15, -0.1) is 0 Å². The lowest BCUT2D eigenvalue weighted by molar-refractivity contribution is 0.122. The van der Waals surface area contributed by atoms with Gasteiger partial charge in [0.15, 0.2) is 11.4 Å². The number of furan rings is 1. The maximum atomic E-state index is 5.97. The van der Waals surface area contributed by atoms with Crippen molar-refractivity contribution in [1.29, 1.82) is 0 Å². The van der Waals surface area contributed by atoms with Gasteiger partial charge in [-0.1, -0.05) is 56.8 Å². The van der Waals surface area contributed by atoms with Crippen molar-refractivity contribution in [3.63, 3.8) is 0 Å². The molecule has 4 rings (SSSR count). The molecule has 1 aliphatic heterocycles. The van der Waals surface area contributed by atoms with Crippen LogP contribution in [0.5, 0.6) is 0 Å². The smallest absolute Gasteiger partial charge is 0.229 e. The molecule has 3 aromatic rings. The minimum absolute atomic E-state index is 0.551. The Morgan fingerprint density at radius 3 is 2.62 bits per heavy atom. The number of hydrogen-bond acceptors (Lipinski definition) is 6. The van der Waals surface area contributed by atoms with E-state index in [1.165, 1.54) is 11.1 Å². The van der Waals surface area contributed by atoms with Crippen LogP contribution in [0.15, 0.2) is 65.2 Å². The molecule has 1 aromatic carbocycles. The second-order valence-corrected chi connectivity index (χ2v) is 7.62. The number of rotatable bonds is 8. The third-order valence-electron chi connectivity index (χ3n) is 5.42. The lowest BCUT2D eigenvalue weighted by atomic mass is 10.0. The van der Waals surface area contributed by atoms with Crippen molar-refractivity contribution in [3.8, 4) is 0 Å². The Balaban J connectivity index is 1.71. The zero-order chi connectivity index (χ0) is 22.3. The minimum atomic E-state index is 0.551. The molecule has 2 aromatic heterocycles. The van der Waals surface area contributed by atoms with Gasteiger partial charge >= 0.3 is 0 Å². The Labute approximate surface area is 189 Å². The normalized spacial score (nSPS) is 15.2. The fourth-order valence-electron chi connectivity index (χ4n) is 3.80. The van der Waals surface area contributed by atoms with E-state index in [2.05, 4.69) is 67.1 Å². The predicted molar refractivity (Wildman–Crippen MR) is 132 cm³/mol. The fourth-order valence-corrected chi connectivity index (χ4v) is 3.80. The molecule has 0 aliphatic carbocycles. The summed E-state index contributed by atoms with van der Waals surface area (Å²) in [4.78, 5) is 11.8. The van der Waals surface area contributed by atoms with E-state index in [4.69, 9.17) is 19.1 Å². The Hall–Kier alpha value is -3.38. The molecule has 0 atom stereocenters. The summed E-state index contributed by atoms with van der Waals surface area (Å²) in [5.74, 6) is 2.02. The highest BCUT2D eigenvalue weighted by Gasteiger charge is 2.20. The molecule has 1 aliphatic rings. The average molecular weight is 431 g/mol. The summed E-state index contributed by atoms with van der Waals surface area (Å²) >= 11 is 0. The second-order valence-electron chi connectivity index (χ2n) is 7.62. The number of benzene rings is 1. The highest BCUT2D eigenvalue weighted by molar-refractivity contribution is 5.87. The van der Waals surface area contributed by atoms with Crippen molar-refractivity contribution in [3.05, 3.63) is 72.1 Å². The maximum Gasteiger partial charge on any atom is 0.229 e. The van der Waals surface area contributed by atoms with Crippen LogP contribution in [0.4, 0.5) is 11.8 Å². The van der Waals surface area contributed by atoms with E-state index in [1.807, 2.05) is 12.1 Å². The zero-order valence-electron chi connectivity index (χ0n) is 18.8. The monoisotopic (exact) mass is 430 g/mol. The first-order valence-corrected chi connectivity index (χ1v) is 11.2. The number of ether oxygens (including phenoxy) is 1. The third-order valence-corrected chi connectivity index (χ3v) is 5.42. The van der Waals surface area contributed by atoms with E-state index >= 15 is 0 Å². The Bertz CT molecular complexity index is 1130. The molecule has 1 fully saturated rings. The van der Waals surface area contributed by atoms with Crippen LogP contribution >= 0.6 is 0 Å². The van der Waals surface area contributed by atoms with Gasteiger partial charge in [-0.2, -0.15) is 4.98 Å². The summed E-state index contributed by atoms with van der Waals surface area (Å²) in [5, 5.41) is 3.45. The second kappa shape index (κ2) is 10.3. The quantitative estimate of drug-likeness (QED) is 0.449. The van der Waals surface area contributed by atoms with Gasteiger partial charge in [-0.05, 0) is 36.1 Å². The van der Waals surface area contributed by atoms with Crippen LogP contribution in [-0.4, -0.2) is 36.3 Å². The molecule has 166 valence electrons. The van der Waals surface area contributed by atoms with E-state index in [-0.39, 0.29) is 0 Å². The van der Waals surface area contributed by atoms with Gasteiger partial charge in [0.2, 0.25) is 5.95 Å². The van der Waals surface area contributed by atoms with Crippen LogP contribution in [0.3, 0.4) is 0 Å². The molecular weight excluding hydrogens is 400 g/mol. The number of nitrogens with zero attached hydrogens (tertiary/aromatic N) is 3. The van der Waals surface area contributed by atoms with Crippen LogP contribution in [0.25, 0.3) is 22.7 Å². The number of anilines is 2. The number of allylic oxidation sites excluding steroid dienone is 3. The van der Waals surface area contributed by atoms with Crippen molar-refractivity contribution in [2.45, 2.75) is 26.7 Å². The average Bonchev–Trinajstić information content (AvgIpc) is 3.26. The molecule has 6 nitrogen and oxygen atoms in total. The molecule has 0 radical (unpaired) electrons. The molecule has 0 bridgehead atoms. The van der Waals surface area contributed by atoms with Gasteiger partial charge in [-0.25, -0.2) is 4.98 Å². The standard InChI is InChI=1S/C26H30N4O2/c1-4-10-21(17-19(5-2)20-11-8-7-9-12-20)27-26-28-23-18-22(6-3)32-24(23)25(29-26)30-13-15-31-16-14-30/h6-12,17-18H,3-5,13-16H2,1-2H3,(H,27,28,29)/b19-17+,21-10-. The third kappa shape index (κ3) is 4.92. The van der Waals surface area contributed by atoms with Crippen LogP contribution < -0.4 is 10.2 Å². The minimum Gasteiger partial charge on any atom is -0.451 e.